The van der Waals surface area contributed by atoms with E-state index in [0.29, 0.717) is 6.42 Å². The van der Waals surface area contributed by atoms with Crippen LogP contribution in [0.15, 0.2) is 0 Å². The van der Waals surface area contributed by atoms with Crippen LogP contribution in [0.3, 0.4) is 0 Å². The van der Waals surface area contributed by atoms with Crippen molar-refractivity contribution >= 4 is 0 Å². The van der Waals surface area contributed by atoms with Crippen molar-refractivity contribution in [3.63, 3.8) is 0 Å². The molecule has 0 fully saturated rings. The van der Waals surface area contributed by atoms with Gasteiger partial charge >= 0.3 is 29.6 Å². The molecule has 1 nitrogen and oxygen atoms in total. The number of hydrogen-bond acceptors (Lipinski definition) is 1. The first kappa shape index (κ1) is 16.1. The SMILES string of the molecule is CCC[CH-][O-].[Na+].[Tb]. The Hall–Kier alpha value is 2.25. The maximum Gasteiger partial charge on any atom is 1.00 e. The molecule has 0 saturated carbocycles. The number of unbranched alkanes of at least 4 members (excludes halogenated alkanes) is 1. The van der Waals surface area contributed by atoms with Gasteiger partial charge in [0.25, 0.3) is 0 Å². The maximum atomic E-state index is 9.40. The molecule has 7 heavy (non-hydrogen) atoms. The van der Waals surface area contributed by atoms with Crippen LogP contribution in [0.1, 0.15) is 19.8 Å². The Labute approximate surface area is 98.0 Å². The minimum atomic E-state index is 0. The first-order valence-electron chi connectivity index (χ1n) is 1.85. The molecule has 0 saturated heterocycles. The third-order valence-corrected chi connectivity index (χ3v) is 0.407. The standard InChI is InChI=1S/C4H8O.Na.Tb/c1-2-3-4-5;;/h4H,2-3H2,1H3;;/q-2;+1;. The normalized spacial score (nSPS) is 6.00. The molecule has 0 heterocycles. The molecule has 0 aromatic carbocycles. The van der Waals surface area contributed by atoms with E-state index in [2.05, 4.69) is 0 Å². The monoisotopic (exact) mass is 254 g/mol. The fourth-order valence-electron chi connectivity index (χ4n) is 0.118. The molecule has 0 rings (SSSR count). The Morgan fingerprint density at radius 3 is 2.00 bits per heavy atom. The second-order valence-electron chi connectivity index (χ2n) is 0.955. The van der Waals surface area contributed by atoms with Crippen LogP contribution < -0.4 is 34.7 Å². The molecule has 3 heteroatoms. The Morgan fingerprint density at radius 2 is 2.00 bits per heavy atom. The van der Waals surface area contributed by atoms with Crippen molar-refractivity contribution in [1.29, 1.82) is 0 Å². The molecule has 0 atom stereocenters. The Morgan fingerprint density at radius 1 is 1.57 bits per heavy atom. The molecule has 1 radical (unpaired) electrons. The molecular weight excluding hydrogens is 246 g/mol. The van der Waals surface area contributed by atoms with Gasteiger partial charge < -0.3 is 11.7 Å². The average molecular weight is 254 g/mol. The summed E-state index contributed by atoms with van der Waals surface area (Å²) in [5.74, 6) is 0. The van der Waals surface area contributed by atoms with E-state index in [1.807, 2.05) is 6.92 Å². The summed E-state index contributed by atoms with van der Waals surface area (Å²) in [7, 11) is 0. The van der Waals surface area contributed by atoms with E-state index < -0.39 is 0 Å². The molecule has 0 spiro atoms. The van der Waals surface area contributed by atoms with Crippen molar-refractivity contribution in [3.05, 3.63) is 6.61 Å². The van der Waals surface area contributed by atoms with Gasteiger partial charge in [-0.3, -0.25) is 0 Å². The summed E-state index contributed by atoms with van der Waals surface area (Å²) in [6, 6.07) is 0. The second-order valence-corrected chi connectivity index (χ2v) is 0.955. The molecule has 0 bridgehead atoms. The van der Waals surface area contributed by atoms with Gasteiger partial charge in [0, 0.05) is 38.6 Å². The van der Waals surface area contributed by atoms with Crippen LogP contribution in [0.2, 0.25) is 0 Å². The Balaban J connectivity index is -0.0000000800. The Bertz CT molecular complexity index is 19.2. The minimum Gasteiger partial charge on any atom is -1.03 e. The molecule has 0 aliphatic carbocycles. The fourth-order valence-corrected chi connectivity index (χ4v) is 0.118. The van der Waals surface area contributed by atoms with Gasteiger partial charge in [-0.25, -0.2) is 6.42 Å². The van der Waals surface area contributed by atoms with Crippen molar-refractivity contribution in [2.24, 2.45) is 0 Å². The van der Waals surface area contributed by atoms with E-state index in [0.717, 1.165) is 13.0 Å². The molecule has 0 amide bonds. The van der Waals surface area contributed by atoms with Crippen molar-refractivity contribution in [2.45, 2.75) is 19.8 Å². The third-order valence-electron chi connectivity index (χ3n) is 0.407. The molecule has 0 aliphatic rings. The van der Waals surface area contributed by atoms with Crippen LogP contribution >= 0.6 is 0 Å². The van der Waals surface area contributed by atoms with Gasteiger partial charge in [-0.15, -0.1) is 0 Å². The maximum absolute atomic E-state index is 9.40. The summed E-state index contributed by atoms with van der Waals surface area (Å²) in [5.41, 5.74) is 0. The van der Waals surface area contributed by atoms with Gasteiger partial charge in [-0.05, 0) is 0 Å². The van der Waals surface area contributed by atoms with Crippen molar-refractivity contribution < 1.29 is 73.3 Å². The van der Waals surface area contributed by atoms with Gasteiger partial charge in [0.2, 0.25) is 0 Å². The molecule has 0 aromatic heterocycles. The number of hydrogen-bond donors (Lipinski definition) is 0. The summed E-state index contributed by atoms with van der Waals surface area (Å²) in [4.78, 5) is 0. The first-order chi connectivity index (χ1) is 2.41. The molecule has 0 aliphatic heterocycles. The van der Waals surface area contributed by atoms with Crippen molar-refractivity contribution in [1.82, 2.24) is 0 Å². The summed E-state index contributed by atoms with van der Waals surface area (Å²) in [6.07, 6.45) is 1.68. The molecule has 41 valence electrons. The van der Waals surface area contributed by atoms with E-state index in [1.54, 1.807) is 0 Å². The largest absolute Gasteiger partial charge is 1.03 e. The predicted octanol–water partition coefficient (Wildman–Crippen LogP) is -2.69. The van der Waals surface area contributed by atoms with Crippen LogP contribution in [0.4, 0.5) is 0 Å². The van der Waals surface area contributed by atoms with E-state index >= 15 is 0 Å². The van der Waals surface area contributed by atoms with Gasteiger partial charge in [0.15, 0.2) is 0 Å². The van der Waals surface area contributed by atoms with E-state index in [1.165, 1.54) is 0 Å². The van der Waals surface area contributed by atoms with Crippen LogP contribution in [-0.2, 0) is 0 Å². The summed E-state index contributed by atoms with van der Waals surface area (Å²) in [5, 5.41) is 9.40. The number of rotatable bonds is 2. The van der Waals surface area contributed by atoms with Gasteiger partial charge in [-0.1, -0.05) is 13.3 Å². The topological polar surface area (TPSA) is 23.1 Å². The van der Waals surface area contributed by atoms with Gasteiger partial charge in [-0.2, -0.15) is 0 Å². The summed E-state index contributed by atoms with van der Waals surface area (Å²) >= 11 is 0. The zero-order valence-electron chi connectivity index (χ0n) is 4.73. The van der Waals surface area contributed by atoms with E-state index in [9.17, 15) is 5.11 Å². The van der Waals surface area contributed by atoms with Crippen molar-refractivity contribution in [2.75, 3.05) is 0 Å². The zero-order valence-corrected chi connectivity index (χ0v) is 8.87. The van der Waals surface area contributed by atoms with Crippen LogP contribution in [-0.4, -0.2) is 0 Å². The van der Waals surface area contributed by atoms with Crippen molar-refractivity contribution in [3.8, 4) is 0 Å². The van der Waals surface area contributed by atoms with Gasteiger partial charge in [0.1, 0.15) is 0 Å². The molecular formula is C4H8NaOTb-. The second kappa shape index (κ2) is 15.7. The smallest absolute Gasteiger partial charge is 1.00 e. The summed E-state index contributed by atoms with van der Waals surface area (Å²) < 4.78 is 0. The van der Waals surface area contributed by atoms with E-state index in [4.69, 9.17) is 0 Å². The molecule has 0 N–H and O–H groups in total. The zero-order chi connectivity index (χ0) is 4.12. The van der Waals surface area contributed by atoms with Crippen LogP contribution in [0, 0.1) is 45.2 Å². The predicted molar refractivity (Wildman–Crippen MR) is 19.2 cm³/mol. The van der Waals surface area contributed by atoms with Crippen LogP contribution in [0.25, 0.3) is 0 Å². The van der Waals surface area contributed by atoms with Gasteiger partial charge in [0.05, 0.1) is 0 Å². The molecule has 0 aromatic rings. The Kier molecular flexibility index (Phi) is 36.2. The first-order valence-corrected chi connectivity index (χ1v) is 1.85. The van der Waals surface area contributed by atoms with Crippen LogP contribution in [0.5, 0.6) is 0 Å². The quantitative estimate of drug-likeness (QED) is 0.389. The third kappa shape index (κ3) is 17.8. The average Bonchev–Trinajstić information content (AvgIpc) is 1.41. The summed E-state index contributed by atoms with van der Waals surface area (Å²) in [6.45, 7) is 2.91. The molecule has 0 unspecified atom stereocenters. The fraction of sp³-hybridized carbons (Fsp3) is 0.750. The van der Waals surface area contributed by atoms with E-state index in [-0.39, 0.29) is 68.2 Å². The minimum absolute atomic E-state index is 0.